The minimum absolute atomic E-state index is 0.756. The summed E-state index contributed by atoms with van der Waals surface area (Å²) >= 11 is 0. The number of hydrogen-bond acceptors (Lipinski definition) is 2. The molecule has 0 heterocycles. The van der Waals surface area contributed by atoms with Crippen molar-refractivity contribution in [3.8, 4) is 0 Å². The molecule has 0 saturated heterocycles. The quantitative estimate of drug-likeness (QED) is 0.632. The van der Waals surface area contributed by atoms with Gasteiger partial charge in [-0.05, 0) is 37.5 Å². The highest BCUT2D eigenvalue weighted by Gasteiger charge is 2.25. The Morgan fingerprint density at radius 1 is 1.50 bits per heavy atom. The Morgan fingerprint density at radius 3 is 2.64 bits per heavy atom. The molecule has 0 atom stereocenters. The highest BCUT2D eigenvalue weighted by molar-refractivity contribution is 5.25. The third-order valence-corrected chi connectivity index (χ3v) is 2.31. The van der Waals surface area contributed by atoms with E-state index in [1.807, 2.05) is 7.05 Å². The number of hydrogen-bond donors (Lipinski definition) is 2. The molecule has 0 amide bonds. The maximum Gasteiger partial charge on any atom is 0.0356 e. The standard InChI is InChI=1S/C12H20N2/c1-4-6-11(14-5-2)9-12(13-3)10-7-8-10/h5-6,9-10,13-14H,2,4,7-8H2,1,3H3/b11-6-,12-9-. The van der Waals surface area contributed by atoms with Gasteiger partial charge in [-0.2, -0.15) is 0 Å². The summed E-state index contributed by atoms with van der Waals surface area (Å²) in [5, 5.41) is 6.40. The van der Waals surface area contributed by atoms with E-state index >= 15 is 0 Å². The monoisotopic (exact) mass is 192 g/mol. The second-order valence-electron chi connectivity index (χ2n) is 3.54. The van der Waals surface area contributed by atoms with Crippen LogP contribution in [0, 0.1) is 5.92 Å². The summed E-state index contributed by atoms with van der Waals surface area (Å²) in [6.45, 7) is 5.81. The van der Waals surface area contributed by atoms with Crippen molar-refractivity contribution >= 4 is 0 Å². The minimum Gasteiger partial charge on any atom is -0.391 e. The smallest absolute Gasteiger partial charge is 0.0356 e. The molecule has 0 aliphatic heterocycles. The van der Waals surface area contributed by atoms with Crippen molar-refractivity contribution in [1.29, 1.82) is 0 Å². The van der Waals surface area contributed by atoms with E-state index in [0.717, 1.165) is 18.0 Å². The van der Waals surface area contributed by atoms with E-state index in [1.54, 1.807) is 6.20 Å². The molecule has 0 aromatic rings. The fourth-order valence-electron chi connectivity index (χ4n) is 1.45. The van der Waals surface area contributed by atoms with Crippen molar-refractivity contribution in [2.24, 2.45) is 5.92 Å². The summed E-state index contributed by atoms with van der Waals surface area (Å²) in [5.74, 6) is 0.756. The molecule has 1 fully saturated rings. The predicted octanol–water partition coefficient (Wildman–Crippen LogP) is 2.53. The molecular formula is C12H20N2. The average Bonchev–Trinajstić information content (AvgIpc) is 2.98. The van der Waals surface area contributed by atoms with Crippen LogP contribution in [0.3, 0.4) is 0 Å². The Balaban J connectivity index is 2.66. The highest BCUT2D eigenvalue weighted by Crippen LogP contribution is 2.35. The zero-order valence-corrected chi connectivity index (χ0v) is 9.14. The summed E-state index contributed by atoms with van der Waals surface area (Å²) in [6, 6.07) is 0. The van der Waals surface area contributed by atoms with Crippen LogP contribution in [0.1, 0.15) is 26.2 Å². The first-order valence-corrected chi connectivity index (χ1v) is 5.28. The molecule has 1 saturated carbocycles. The summed E-state index contributed by atoms with van der Waals surface area (Å²) < 4.78 is 0. The second kappa shape index (κ2) is 5.53. The fourth-order valence-corrected chi connectivity index (χ4v) is 1.45. The fraction of sp³-hybridized carbons (Fsp3) is 0.500. The zero-order chi connectivity index (χ0) is 10.4. The van der Waals surface area contributed by atoms with Crippen LogP contribution in [0.15, 0.2) is 36.3 Å². The Kier molecular flexibility index (Phi) is 4.30. The predicted molar refractivity (Wildman–Crippen MR) is 61.6 cm³/mol. The van der Waals surface area contributed by atoms with Crippen LogP contribution >= 0.6 is 0 Å². The molecule has 0 spiro atoms. The van der Waals surface area contributed by atoms with Crippen LogP contribution < -0.4 is 10.6 Å². The molecule has 2 heteroatoms. The molecule has 1 aliphatic rings. The van der Waals surface area contributed by atoms with Gasteiger partial charge in [-0.3, -0.25) is 0 Å². The second-order valence-corrected chi connectivity index (χ2v) is 3.54. The van der Waals surface area contributed by atoms with E-state index in [9.17, 15) is 0 Å². The van der Waals surface area contributed by atoms with Gasteiger partial charge in [0.05, 0.1) is 0 Å². The molecule has 78 valence electrons. The van der Waals surface area contributed by atoms with Crippen LogP contribution in [0.5, 0.6) is 0 Å². The average molecular weight is 192 g/mol. The molecule has 0 aromatic carbocycles. The SMILES string of the molecule is C=CNC(=C\CC)/C=C(\NC)C1CC1. The molecule has 0 bridgehead atoms. The van der Waals surface area contributed by atoms with Crippen LogP contribution in [0.2, 0.25) is 0 Å². The van der Waals surface area contributed by atoms with Crippen molar-refractivity contribution in [2.45, 2.75) is 26.2 Å². The van der Waals surface area contributed by atoms with Gasteiger partial charge in [0.15, 0.2) is 0 Å². The van der Waals surface area contributed by atoms with Crippen LogP contribution in [0.4, 0.5) is 0 Å². The number of rotatable bonds is 6. The normalized spacial score (nSPS) is 17.9. The zero-order valence-electron chi connectivity index (χ0n) is 9.14. The Morgan fingerprint density at radius 2 is 2.21 bits per heavy atom. The molecule has 0 radical (unpaired) electrons. The Hall–Kier alpha value is -1.18. The lowest BCUT2D eigenvalue weighted by atomic mass is 10.2. The lowest BCUT2D eigenvalue weighted by Gasteiger charge is -2.07. The van der Waals surface area contributed by atoms with E-state index in [0.29, 0.717) is 0 Å². The van der Waals surface area contributed by atoms with Crippen molar-refractivity contribution < 1.29 is 0 Å². The number of nitrogens with one attached hydrogen (secondary N) is 2. The summed E-state index contributed by atoms with van der Waals surface area (Å²) in [6.07, 6.45) is 9.75. The summed E-state index contributed by atoms with van der Waals surface area (Å²) in [5.41, 5.74) is 2.47. The maximum absolute atomic E-state index is 3.67. The third kappa shape index (κ3) is 3.29. The summed E-state index contributed by atoms with van der Waals surface area (Å²) in [7, 11) is 1.99. The van der Waals surface area contributed by atoms with E-state index in [1.165, 1.54) is 18.5 Å². The lowest BCUT2D eigenvalue weighted by Crippen LogP contribution is -2.11. The molecule has 2 N–H and O–H groups in total. The first-order chi connectivity index (χ1) is 6.81. The molecule has 2 nitrogen and oxygen atoms in total. The Labute approximate surface area is 86.8 Å². The summed E-state index contributed by atoms with van der Waals surface area (Å²) in [4.78, 5) is 0. The topological polar surface area (TPSA) is 24.1 Å². The molecule has 1 aliphatic carbocycles. The van der Waals surface area contributed by atoms with Crippen molar-refractivity contribution in [3.63, 3.8) is 0 Å². The third-order valence-electron chi connectivity index (χ3n) is 2.31. The van der Waals surface area contributed by atoms with Gasteiger partial charge >= 0.3 is 0 Å². The van der Waals surface area contributed by atoms with Gasteiger partial charge < -0.3 is 10.6 Å². The molecular weight excluding hydrogens is 172 g/mol. The van der Waals surface area contributed by atoms with E-state index in [4.69, 9.17) is 0 Å². The van der Waals surface area contributed by atoms with Crippen molar-refractivity contribution in [3.05, 3.63) is 36.3 Å². The lowest BCUT2D eigenvalue weighted by molar-refractivity contribution is 0.839. The van der Waals surface area contributed by atoms with Crippen LogP contribution in [-0.2, 0) is 0 Å². The molecule has 0 unspecified atom stereocenters. The maximum atomic E-state index is 3.67. The van der Waals surface area contributed by atoms with Gasteiger partial charge in [-0.25, -0.2) is 0 Å². The van der Waals surface area contributed by atoms with Gasteiger partial charge in [-0.15, -0.1) is 0 Å². The van der Waals surface area contributed by atoms with Crippen molar-refractivity contribution in [1.82, 2.24) is 10.6 Å². The highest BCUT2D eigenvalue weighted by atomic mass is 14.9. The molecule has 1 rings (SSSR count). The van der Waals surface area contributed by atoms with Gasteiger partial charge in [-0.1, -0.05) is 19.6 Å². The van der Waals surface area contributed by atoms with Crippen molar-refractivity contribution in [2.75, 3.05) is 7.05 Å². The van der Waals surface area contributed by atoms with E-state index < -0.39 is 0 Å². The van der Waals surface area contributed by atoms with Gasteiger partial charge in [0, 0.05) is 18.4 Å². The van der Waals surface area contributed by atoms with Crippen LogP contribution in [-0.4, -0.2) is 7.05 Å². The van der Waals surface area contributed by atoms with E-state index in [2.05, 4.69) is 36.3 Å². The van der Waals surface area contributed by atoms with Gasteiger partial charge in [0.1, 0.15) is 0 Å². The van der Waals surface area contributed by atoms with Gasteiger partial charge in [0.2, 0.25) is 0 Å². The van der Waals surface area contributed by atoms with Crippen LogP contribution in [0.25, 0.3) is 0 Å². The van der Waals surface area contributed by atoms with Gasteiger partial charge in [0.25, 0.3) is 0 Å². The first-order valence-electron chi connectivity index (χ1n) is 5.28. The first kappa shape index (κ1) is 10.9. The number of allylic oxidation sites excluding steroid dienone is 3. The Bertz CT molecular complexity index is 247. The largest absolute Gasteiger partial charge is 0.391 e. The van der Waals surface area contributed by atoms with E-state index in [-0.39, 0.29) is 0 Å². The molecule has 14 heavy (non-hydrogen) atoms. The minimum atomic E-state index is 0.756. The molecule has 0 aromatic heterocycles.